The highest BCUT2D eigenvalue weighted by atomic mass is 14.8. The predicted molar refractivity (Wildman–Crippen MR) is 185 cm³/mol. The number of nitrogens with zero attached hydrogens (tertiary/aromatic N) is 2. The van der Waals surface area contributed by atoms with E-state index in [0.717, 1.165) is 17.8 Å². The van der Waals surface area contributed by atoms with Gasteiger partial charge in [-0.05, 0) is 43.9 Å². The monoisotopic (exact) mass is 558 g/mol. The first-order valence-electron chi connectivity index (χ1n) is 15.6. The van der Waals surface area contributed by atoms with E-state index in [1.807, 2.05) is 0 Å². The zero-order chi connectivity index (χ0) is 32.0. The Bertz CT molecular complexity index is 1110. The summed E-state index contributed by atoms with van der Waals surface area (Å²) in [5, 5.41) is 0. The average molecular weight is 559 g/mol. The molecule has 2 rings (SSSR count). The van der Waals surface area contributed by atoms with Crippen LogP contribution in [0.4, 0.5) is 11.4 Å². The van der Waals surface area contributed by atoms with Crippen molar-refractivity contribution in [1.29, 1.82) is 0 Å². The Labute approximate surface area is 254 Å². The molecule has 0 aliphatic heterocycles. The zero-order valence-electron chi connectivity index (χ0n) is 30.1. The summed E-state index contributed by atoms with van der Waals surface area (Å²) in [5.74, 6) is 0. The minimum atomic E-state index is -0.122. The third-order valence-corrected chi connectivity index (χ3v) is 7.86. The van der Waals surface area contributed by atoms with E-state index in [1.165, 1.54) is 33.7 Å². The first-order valence-corrected chi connectivity index (χ1v) is 15.6. The highest BCUT2D eigenvalue weighted by Gasteiger charge is 2.32. The van der Waals surface area contributed by atoms with Gasteiger partial charge in [0.15, 0.2) is 0 Å². The van der Waals surface area contributed by atoms with Crippen molar-refractivity contribution in [2.75, 3.05) is 0 Å². The Balaban J connectivity index is 2.99. The van der Waals surface area contributed by atoms with Gasteiger partial charge in [0.1, 0.15) is 0 Å². The lowest BCUT2D eigenvalue weighted by atomic mass is 9.77. The molecule has 0 atom stereocenters. The van der Waals surface area contributed by atoms with Gasteiger partial charge in [0.05, 0.1) is 11.4 Å². The second kappa shape index (κ2) is 11.5. The zero-order valence-corrected chi connectivity index (χ0v) is 30.1. The van der Waals surface area contributed by atoms with E-state index in [-0.39, 0.29) is 32.5 Å². The van der Waals surface area contributed by atoms with Crippen LogP contribution >= 0.6 is 0 Å². The van der Waals surface area contributed by atoms with E-state index in [9.17, 15) is 0 Å². The number of rotatable bonds is 4. The molecule has 2 aromatic rings. The van der Waals surface area contributed by atoms with Crippen molar-refractivity contribution in [3.05, 3.63) is 58.7 Å². The lowest BCUT2D eigenvalue weighted by Gasteiger charge is -2.32. The Morgan fingerprint density at radius 3 is 0.805 bits per heavy atom. The first kappa shape index (κ1) is 35.0. The van der Waals surface area contributed by atoms with Crippen LogP contribution < -0.4 is 0 Å². The molecule has 0 amide bonds. The van der Waals surface area contributed by atoms with Gasteiger partial charge in [0, 0.05) is 28.7 Å². The van der Waals surface area contributed by atoms with Gasteiger partial charge in [-0.25, -0.2) is 0 Å². The van der Waals surface area contributed by atoms with Crippen LogP contribution in [0.3, 0.4) is 0 Å². The summed E-state index contributed by atoms with van der Waals surface area (Å²) < 4.78 is 0. The Morgan fingerprint density at radius 2 is 0.634 bits per heavy atom. The van der Waals surface area contributed by atoms with Crippen LogP contribution in [0.15, 0.2) is 46.4 Å². The number of benzene rings is 2. The second-order valence-electron chi connectivity index (χ2n) is 18.2. The van der Waals surface area contributed by atoms with Crippen molar-refractivity contribution in [2.24, 2.45) is 20.8 Å². The van der Waals surface area contributed by atoms with Crippen molar-refractivity contribution < 1.29 is 0 Å². The fraction of sp³-hybridized carbons (Fsp3) is 0.641. The van der Waals surface area contributed by atoms with Crippen molar-refractivity contribution in [3.8, 4) is 0 Å². The van der Waals surface area contributed by atoms with Crippen molar-refractivity contribution >= 4 is 22.8 Å². The predicted octanol–water partition coefficient (Wildman–Crippen LogP) is 12.2. The molecule has 0 bridgehead atoms. The Morgan fingerprint density at radius 1 is 0.415 bits per heavy atom. The topological polar surface area (TPSA) is 24.7 Å². The van der Waals surface area contributed by atoms with Crippen LogP contribution in [-0.2, 0) is 21.7 Å². The molecule has 41 heavy (non-hydrogen) atoms. The Kier molecular flexibility index (Phi) is 9.78. The van der Waals surface area contributed by atoms with Gasteiger partial charge in [0.25, 0.3) is 0 Å². The van der Waals surface area contributed by atoms with Gasteiger partial charge < -0.3 is 0 Å². The summed E-state index contributed by atoms with van der Waals surface area (Å²) in [6.45, 7) is 41.3. The molecule has 0 unspecified atom stereocenters. The maximum Gasteiger partial charge on any atom is 0.0704 e. The van der Waals surface area contributed by atoms with Gasteiger partial charge in [-0.2, -0.15) is 0 Å². The molecule has 0 heterocycles. The largest absolute Gasteiger partial charge is 0.256 e. The highest BCUT2D eigenvalue weighted by Crippen LogP contribution is 2.43. The normalized spacial score (nSPS) is 15.0. The number of para-hydroxylation sites is 2. The molecular weight excluding hydrogens is 496 g/mol. The van der Waals surface area contributed by atoms with Crippen molar-refractivity contribution in [3.63, 3.8) is 0 Å². The lowest BCUT2D eigenvalue weighted by molar-refractivity contribution is 0.556. The highest BCUT2D eigenvalue weighted by molar-refractivity contribution is 6.10. The van der Waals surface area contributed by atoms with Gasteiger partial charge in [0.2, 0.25) is 0 Å². The van der Waals surface area contributed by atoms with E-state index in [0.29, 0.717) is 0 Å². The van der Waals surface area contributed by atoms with E-state index in [2.05, 4.69) is 161 Å². The molecule has 2 aromatic carbocycles. The van der Waals surface area contributed by atoms with E-state index >= 15 is 0 Å². The summed E-state index contributed by atoms with van der Waals surface area (Å²) >= 11 is 0. The molecule has 2 heteroatoms. The van der Waals surface area contributed by atoms with E-state index in [4.69, 9.17) is 9.98 Å². The molecule has 0 aromatic heterocycles. The smallest absolute Gasteiger partial charge is 0.0704 e. The molecule has 0 fully saturated rings. The van der Waals surface area contributed by atoms with Crippen LogP contribution in [-0.4, -0.2) is 11.4 Å². The fourth-order valence-electron chi connectivity index (χ4n) is 5.12. The number of hydrogen-bond acceptors (Lipinski definition) is 2. The van der Waals surface area contributed by atoms with Crippen LogP contribution in [0.25, 0.3) is 0 Å². The summed E-state index contributed by atoms with van der Waals surface area (Å²) in [4.78, 5) is 11.3. The minimum Gasteiger partial charge on any atom is -0.256 e. The molecule has 2 nitrogen and oxygen atoms in total. The van der Waals surface area contributed by atoms with Crippen LogP contribution in [0.5, 0.6) is 0 Å². The second-order valence-corrected chi connectivity index (χ2v) is 18.2. The van der Waals surface area contributed by atoms with E-state index in [1.54, 1.807) is 0 Å². The minimum absolute atomic E-state index is 0.0166. The van der Waals surface area contributed by atoms with Gasteiger partial charge >= 0.3 is 0 Å². The molecule has 0 aliphatic carbocycles. The summed E-state index contributed by atoms with van der Waals surface area (Å²) in [5.41, 5.74) is 9.52. The molecule has 0 radical (unpaired) electrons. The maximum atomic E-state index is 5.64. The third kappa shape index (κ3) is 8.89. The van der Waals surface area contributed by atoms with Crippen molar-refractivity contribution in [2.45, 2.75) is 153 Å². The summed E-state index contributed by atoms with van der Waals surface area (Å²) in [7, 11) is 0. The Hall–Kier alpha value is -2.22. The molecule has 0 aliphatic rings. The number of aliphatic imine (C=N–C) groups is 2. The molecule has 0 spiro atoms. The van der Waals surface area contributed by atoms with Crippen LogP contribution in [0.2, 0.25) is 0 Å². The SMILES string of the molecule is CC(C)(C)C(CC(=Nc1c(C(C)(C)C)cccc1C(C)(C)C)C(C)(C)C)=Nc1c(C(C)(C)C)cccc1C(C)(C)C. The summed E-state index contributed by atoms with van der Waals surface area (Å²) in [6, 6.07) is 13.5. The molecule has 0 saturated carbocycles. The van der Waals surface area contributed by atoms with Crippen molar-refractivity contribution in [1.82, 2.24) is 0 Å². The quantitative estimate of drug-likeness (QED) is 0.333. The molecule has 0 saturated heterocycles. The first-order chi connectivity index (χ1) is 18.1. The maximum absolute atomic E-state index is 5.64. The molecule has 228 valence electrons. The summed E-state index contributed by atoms with van der Waals surface area (Å²) in [6.07, 6.45) is 0.733. The van der Waals surface area contributed by atoms with Gasteiger partial charge in [-0.15, -0.1) is 0 Å². The van der Waals surface area contributed by atoms with E-state index < -0.39 is 0 Å². The standard InChI is InChI=1S/C39H62N2/c1-34(2,3)26-21-19-22-27(35(4,5)6)32(26)40-30(38(13,14)15)25-31(39(16,17)18)41-33-28(36(7,8)9)23-20-24-29(33)37(10,11)12/h19-24H,25H2,1-18H3. The van der Waals surface area contributed by atoms with Gasteiger partial charge in [-0.1, -0.05) is 161 Å². The fourth-order valence-corrected chi connectivity index (χ4v) is 5.12. The van der Waals surface area contributed by atoms with Crippen LogP contribution in [0, 0.1) is 10.8 Å². The third-order valence-electron chi connectivity index (χ3n) is 7.86. The molecule has 0 N–H and O–H groups in total. The van der Waals surface area contributed by atoms with Gasteiger partial charge in [-0.3, -0.25) is 9.98 Å². The number of hydrogen-bond donors (Lipinski definition) is 0. The average Bonchev–Trinajstić information content (AvgIpc) is 2.73. The molecular formula is C39H62N2. The lowest BCUT2D eigenvalue weighted by Crippen LogP contribution is -2.30. The van der Waals surface area contributed by atoms with Crippen LogP contribution in [0.1, 0.15) is 153 Å².